The minimum Gasteiger partial charge on any atom is -0.493 e. The van der Waals surface area contributed by atoms with Crippen molar-refractivity contribution in [1.82, 2.24) is 15.0 Å². The number of nitrogens with one attached hydrogen (secondary N) is 2. The van der Waals surface area contributed by atoms with Crippen LogP contribution in [0.1, 0.15) is 36.7 Å². The Labute approximate surface area is 157 Å². The molecule has 0 spiro atoms. The summed E-state index contributed by atoms with van der Waals surface area (Å²) >= 11 is 0. The summed E-state index contributed by atoms with van der Waals surface area (Å²) < 4.78 is 43.8. The summed E-state index contributed by atoms with van der Waals surface area (Å²) in [5, 5.41) is 19.1. The topological polar surface area (TPSA) is 117 Å². The Balaban J connectivity index is 2.10. The highest BCUT2D eigenvalue weighted by molar-refractivity contribution is 5.79. The summed E-state index contributed by atoms with van der Waals surface area (Å²) in [5.74, 6) is -1.82. The number of halogens is 3. The zero-order valence-electron chi connectivity index (χ0n) is 15.1. The largest absolute Gasteiger partial charge is 0.493 e. The first-order valence-electron chi connectivity index (χ1n) is 8.26. The molecule has 0 radical (unpaired) electrons. The van der Waals surface area contributed by atoms with E-state index in [0.717, 1.165) is 16.7 Å². The summed E-state index contributed by atoms with van der Waals surface area (Å²) in [6.07, 6.45) is -4.43. The summed E-state index contributed by atoms with van der Waals surface area (Å²) in [6.45, 7) is 2.94. The molecule has 28 heavy (non-hydrogen) atoms. The number of rotatable bonds is 7. The third-order valence-electron chi connectivity index (χ3n) is 4.06. The lowest BCUT2D eigenvalue weighted by Crippen LogP contribution is -2.37. The van der Waals surface area contributed by atoms with E-state index in [0.29, 0.717) is 5.56 Å². The van der Waals surface area contributed by atoms with Crippen LogP contribution < -0.4 is 11.2 Å². The van der Waals surface area contributed by atoms with E-state index in [1.54, 1.807) is 13.8 Å². The van der Waals surface area contributed by atoms with Crippen molar-refractivity contribution in [3.8, 4) is 5.88 Å². The van der Waals surface area contributed by atoms with Gasteiger partial charge in [-0.2, -0.15) is 13.2 Å². The third-order valence-corrected chi connectivity index (χ3v) is 4.06. The number of nitrogens with zero attached hydrogens (tertiary/aromatic N) is 1. The molecule has 0 saturated carbocycles. The van der Waals surface area contributed by atoms with E-state index in [-0.39, 0.29) is 18.9 Å². The van der Waals surface area contributed by atoms with Gasteiger partial charge >= 0.3 is 11.9 Å². The Hall–Kier alpha value is -2.79. The Kier molecular flexibility index (Phi) is 6.52. The van der Waals surface area contributed by atoms with Gasteiger partial charge in [0.15, 0.2) is 0 Å². The molecule has 1 amide bonds. The molecule has 1 atom stereocenters. The number of hydrogen-bond acceptors (Lipinski definition) is 5. The lowest BCUT2D eigenvalue weighted by molar-refractivity contribution is -0.137. The second-order valence-corrected chi connectivity index (χ2v) is 6.45. The number of ether oxygens (including phenoxy) is 1. The molecule has 11 heteroatoms. The second-order valence-electron chi connectivity index (χ2n) is 6.45. The standard InChI is InChI=1S/C17H20F3N3O5/c1-9(2)13(14(24)22-27)23-15(25)12(21-16(23)26)8-28-7-10-3-5-11(6-4-10)17(18,19)20/h3-6,9,13,25,27H,7-8H2,1-2H3,(H,21,26)(H,22,24)/t13-/m1/s1. The number of H-pyrrole nitrogens is 1. The average molecular weight is 403 g/mol. The molecular formula is C17H20F3N3O5. The zero-order valence-corrected chi connectivity index (χ0v) is 15.1. The van der Waals surface area contributed by atoms with Crippen molar-refractivity contribution >= 4 is 5.91 Å². The van der Waals surface area contributed by atoms with E-state index in [2.05, 4.69) is 4.98 Å². The fourth-order valence-corrected chi connectivity index (χ4v) is 2.69. The molecule has 2 aromatic rings. The van der Waals surface area contributed by atoms with Crippen LogP contribution >= 0.6 is 0 Å². The number of aromatic nitrogens is 2. The van der Waals surface area contributed by atoms with Gasteiger partial charge in [-0.25, -0.2) is 14.8 Å². The Morgan fingerprint density at radius 3 is 2.36 bits per heavy atom. The molecule has 1 aromatic carbocycles. The number of carbonyl (C=O) groups excluding carboxylic acids is 1. The highest BCUT2D eigenvalue weighted by Crippen LogP contribution is 2.29. The number of hydrogen-bond donors (Lipinski definition) is 4. The minimum absolute atomic E-state index is 0.00620. The Morgan fingerprint density at radius 2 is 1.86 bits per heavy atom. The van der Waals surface area contributed by atoms with Crippen molar-refractivity contribution in [3.05, 3.63) is 51.6 Å². The SMILES string of the molecule is CC(C)[C@H](C(=O)NO)n1c(O)c(COCc2ccc(C(F)(F)F)cc2)[nH]c1=O. The van der Waals surface area contributed by atoms with Gasteiger partial charge < -0.3 is 14.8 Å². The van der Waals surface area contributed by atoms with E-state index < -0.39 is 41.2 Å². The van der Waals surface area contributed by atoms with Crippen LogP contribution in [0, 0.1) is 5.92 Å². The number of amides is 1. The fraction of sp³-hybridized carbons (Fsp3) is 0.412. The van der Waals surface area contributed by atoms with Gasteiger partial charge in [0, 0.05) is 0 Å². The number of imidazole rings is 1. The van der Waals surface area contributed by atoms with Crippen LogP contribution in [-0.2, 0) is 28.9 Å². The molecule has 0 aliphatic heterocycles. The molecule has 4 N–H and O–H groups in total. The van der Waals surface area contributed by atoms with Crippen LogP contribution in [0.3, 0.4) is 0 Å². The summed E-state index contributed by atoms with van der Waals surface area (Å²) in [4.78, 5) is 26.3. The maximum atomic E-state index is 12.5. The van der Waals surface area contributed by atoms with Gasteiger partial charge in [0.25, 0.3) is 5.91 Å². The predicted octanol–water partition coefficient (Wildman–Crippen LogP) is 2.32. The summed E-state index contributed by atoms with van der Waals surface area (Å²) in [5.41, 5.74) is 0.363. The minimum atomic E-state index is -4.43. The highest BCUT2D eigenvalue weighted by Gasteiger charge is 2.30. The molecule has 8 nitrogen and oxygen atoms in total. The quantitative estimate of drug-likeness (QED) is 0.418. The first-order valence-corrected chi connectivity index (χ1v) is 8.26. The summed E-state index contributed by atoms with van der Waals surface area (Å²) in [7, 11) is 0. The van der Waals surface area contributed by atoms with E-state index in [9.17, 15) is 27.9 Å². The maximum Gasteiger partial charge on any atom is 0.416 e. The number of hydroxylamine groups is 1. The van der Waals surface area contributed by atoms with Gasteiger partial charge in [0.05, 0.1) is 18.8 Å². The van der Waals surface area contributed by atoms with Crippen molar-refractivity contribution in [3.63, 3.8) is 0 Å². The van der Waals surface area contributed by atoms with Gasteiger partial charge in [-0.15, -0.1) is 0 Å². The number of alkyl halides is 3. The van der Waals surface area contributed by atoms with Crippen LogP contribution in [0.25, 0.3) is 0 Å². The molecule has 0 unspecified atom stereocenters. The van der Waals surface area contributed by atoms with E-state index in [1.165, 1.54) is 17.6 Å². The molecule has 1 aromatic heterocycles. The first kappa shape index (κ1) is 21.5. The monoisotopic (exact) mass is 403 g/mol. The number of benzene rings is 1. The summed E-state index contributed by atoms with van der Waals surface area (Å²) in [6, 6.07) is 3.22. The lowest BCUT2D eigenvalue weighted by Gasteiger charge is -2.19. The van der Waals surface area contributed by atoms with Gasteiger partial charge in [0.1, 0.15) is 11.7 Å². The van der Waals surface area contributed by atoms with Crippen molar-refractivity contribution in [2.45, 2.75) is 39.3 Å². The van der Waals surface area contributed by atoms with E-state index in [1.807, 2.05) is 0 Å². The Bertz CT molecular complexity index is 872. The van der Waals surface area contributed by atoms with Gasteiger partial charge in [-0.3, -0.25) is 10.0 Å². The van der Waals surface area contributed by atoms with Crippen LogP contribution in [0.2, 0.25) is 0 Å². The molecule has 1 heterocycles. The van der Waals surface area contributed by atoms with Crippen LogP contribution in [0.5, 0.6) is 5.88 Å². The van der Waals surface area contributed by atoms with Gasteiger partial charge in [0.2, 0.25) is 5.88 Å². The second kappa shape index (κ2) is 8.48. The van der Waals surface area contributed by atoms with Crippen LogP contribution in [0.15, 0.2) is 29.1 Å². The molecule has 0 aliphatic carbocycles. The molecule has 0 aliphatic rings. The highest BCUT2D eigenvalue weighted by atomic mass is 19.4. The van der Waals surface area contributed by atoms with Crippen molar-refractivity contribution in [1.29, 1.82) is 0 Å². The first-order chi connectivity index (χ1) is 13.1. The van der Waals surface area contributed by atoms with Crippen molar-refractivity contribution in [2.24, 2.45) is 5.92 Å². The predicted molar refractivity (Wildman–Crippen MR) is 90.5 cm³/mol. The molecule has 0 bridgehead atoms. The number of aromatic hydroxyl groups is 1. The van der Waals surface area contributed by atoms with E-state index >= 15 is 0 Å². The van der Waals surface area contributed by atoms with Crippen molar-refractivity contribution in [2.75, 3.05) is 0 Å². The molecule has 2 rings (SSSR count). The molecular weight excluding hydrogens is 383 g/mol. The van der Waals surface area contributed by atoms with E-state index in [4.69, 9.17) is 9.94 Å². The molecule has 154 valence electrons. The Morgan fingerprint density at radius 1 is 1.25 bits per heavy atom. The van der Waals surface area contributed by atoms with Crippen molar-refractivity contribution < 1.29 is 33.0 Å². The molecule has 0 saturated heterocycles. The number of carbonyl (C=O) groups is 1. The third kappa shape index (κ3) is 4.73. The number of aromatic amines is 1. The van der Waals surface area contributed by atoms with Crippen LogP contribution in [-0.4, -0.2) is 25.8 Å². The molecule has 0 fully saturated rings. The lowest BCUT2D eigenvalue weighted by atomic mass is 10.0. The smallest absolute Gasteiger partial charge is 0.416 e. The maximum absolute atomic E-state index is 12.5. The zero-order chi connectivity index (χ0) is 21.1. The fourth-order valence-electron chi connectivity index (χ4n) is 2.69. The average Bonchev–Trinajstić information content (AvgIpc) is 2.89. The van der Waals surface area contributed by atoms with Gasteiger partial charge in [-0.1, -0.05) is 26.0 Å². The normalized spacial score (nSPS) is 13.0. The van der Waals surface area contributed by atoms with Gasteiger partial charge in [-0.05, 0) is 23.6 Å². The van der Waals surface area contributed by atoms with Crippen LogP contribution in [0.4, 0.5) is 13.2 Å².